The van der Waals surface area contributed by atoms with Crippen LogP contribution >= 0.6 is 11.8 Å². The van der Waals surface area contributed by atoms with Crippen molar-refractivity contribution in [2.24, 2.45) is 4.99 Å². The SMILES string of the molecule is C=CCN=C1NS(=O)(=O)c2cnccc2S1. The van der Waals surface area contributed by atoms with E-state index in [4.69, 9.17) is 0 Å². The van der Waals surface area contributed by atoms with E-state index in [1.54, 1.807) is 18.3 Å². The van der Waals surface area contributed by atoms with Gasteiger partial charge >= 0.3 is 0 Å². The van der Waals surface area contributed by atoms with Gasteiger partial charge in [-0.15, -0.1) is 6.58 Å². The van der Waals surface area contributed by atoms with Crippen LogP contribution in [-0.2, 0) is 10.0 Å². The van der Waals surface area contributed by atoms with Gasteiger partial charge in [0.25, 0.3) is 10.0 Å². The van der Waals surface area contributed by atoms with E-state index < -0.39 is 10.0 Å². The molecule has 0 atom stereocenters. The van der Waals surface area contributed by atoms with Crippen molar-refractivity contribution in [3.8, 4) is 0 Å². The second-order valence-electron chi connectivity index (χ2n) is 2.96. The van der Waals surface area contributed by atoms with E-state index in [0.29, 0.717) is 16.6 Å². The molecule has 1 aliphatic heterocycles. The van der Waals surface area contributed by atoms with Gasteiger partial charge in [-0.1, -0.05) is 6.08 Å². The lowest BCUT2D eigenvalue weighted by atomic mass is 10.5. The first kappa shape index (κ1) is 11.2. The van der Waals surface area contributed by atoms with Crippen LogP contribution in [0.1, 0.15) is 0 Å². The number of hydrogen-bond donors (Lipinski definition) is 1. The fraction of sp³-hybridized carbons (Fsp3) is 0.111. The summed E-state index contributed by atoms with van der Waals surface area (Å²) in [5.41, 5.74) is 0. The first-order valence-electron chi connectivity index (χ1n) is 4.43. The zero-order valence-corrected chi connectivity index (χ0v) is 9.88. The highest BCUT2D eigenvalue weighted by atomic mass is 32.2. The van der Waals surface area contributed by atoms with E-state index in [1.165, 1.54) is 18.0 Å². The van der Waals surface area contributed by atoms with Crippen molar-refractivity contribution in [3.05, 3.63) is 31.1 Å². The average Bonchev–Trinajstić information content (AvgIpc) is 2.25. The van der Waals surface area contributed by atoms with Gasteiger partial charge in [0, 0.05) is 17.3 Å². The van der Waals surface area contributed by atoms with E-state index in [-0.39, 0.29) is 4.90 Å². The molecule has 5 nitrogen and oxygen atoms in total. The third-order valence-corrected chi connectivity index (χ3v) is 4.45. The number of aromatic nitrogens is 1. The fourth-order valence-corrected chi connectivity index (χ4v) is 3.68. The molecule has 0 aliphatic carbocycles. The first-order chi connectivity index (χ1) is 7.63. The maximum atomic E-state index is 11.8. The van der Waals surface area contributed by atoms with Crippen molar-refractivity contribution in [2.75, 3.05) is 6.54 Å². The summed E-state index contributed by atoms with van der Waals surface area (Å²) in [4.78, 5) is 8.67. The molecule has 0 spiro atoms. The molecule has 1 aliphatic rings. The zero-order chi connectivity index (χ0) is 11.6. The lowest BCUT2D eigenvalue weighted by Crippen LogP contribution is -2.32. The normalized spacial score (nSPS) is 19.9. The minimum Gasteiger partial charge on any atom is -0.263 e. The summed E-state index contributed by atoms with van der Waals surface area (Å²) in [6.07, 6.45) is 4.48. The van der Waals surface area contributed by atoms with Crippen molar-refractivity contribution < 1.29 is 8.42 Å². The highest BCUT2D eigenvalue weighted by Crippen LogP contribution is 2.30. The number of nitrogens with zero attached hydrogens (tertiary/aromatic N) is 2. The highest BCUT2D eigenvalue weighted by Gasteiger charge is 2.27. The molecular weight excluding hydrogens is 246 g/mol. The van der Waals surface area contributed by atoms with E-state index in [0.717, 1.165) is 0 Å². The second-order valence-corrected chi connectivity index (χ2v) is 5.65. The molecule has 1 aromatic heterocycles. The fourth-order valence-electron chi connectivity index (χ4n) is 1.16. The summed E-state index contributed by atoms with van der Waals surface area (Å²) in [5, 5.41) is 0.360. The topological polar surface area (TPSA) is 71.4 Å². The van der Waals surface area contributed by atoms with E-state index in [2.05, 4.69) is 21.3 Å². The van der Waals surface area contributed by atoms with Crippen molar-refractivity contribution in [1.29, 1.82) is 0 Å². The number of nitrogens with one attached hydrogen (secondary N) is 1. The van der Waals surface area contributed by atoms with Gasteiger partial charge < -0.3 is 0 Å². The molecule has 2 heterocycles. The Morgan fingerprint density at radius 1 is 1.62 bits per heavy atom. The number of amidine groups is 1. The smallest absolute Gasteiger partial charge is 0.263 e. The van der Waals surface area contributed by atoms with E-state index >= 15 is 0 Å². The Kier molecular flexibility index (Phi) is 2.97. The Balaban J connectivity index is 2.45. The van der Waals surface area contributed by atoms with Gasteiger partial charge in [0.1, 0.15) is 4.90 Å². The Morgan fingerprint density at radius 2 is 2.44 bits per heavy atom. The number of aliphatic imine (C=N–C) groups is 1. The van der Waals surface area contributed by atoms with Crippen molar-refractivity contribution in [2.45, 2.75) is 9.79 Å². The van der Waals surface area contributed by atoms with E-state index in [9.17, 15) is 8.42 Å². The monoisotopic (exact) mass is 255 g/mol. The molecule has 84 valence electrons. The third kappa shape index (κ3) is 2.10. The lowest BCUT2D eigenvalue weighted by Gasteiger charge is -2.17. The minimum atomic E-state index is -3.52. The number of pyridine rings is 1. The Morgan fingerprint density at radius 3 is 3.19 bits per heavy atom. The molecule has 7 heteroatoms. The maximum Gasteiger partial charge on any atom is 0.266 e. The standard InChI is InChI=1S/C9H9N3O2S2/c1-2-4-11-9-12-16(13,14)8-6-10-5-3-7(8)15-9/h2-3,5-6H,1,4H2,(H,11,12). The zero-order valence-electron chi connectivity index (χ0n) is 8.25. The van der Waals surface area contributed by atoms with Crippen LogP contribution < -0.4 is 4.72 Å². The maximum absolute atomic E-state index is 11.8. The van der Waals surface area contributed by atoms with Crippen LogP contribution in [0.3, 0.4) is 0 Å². The summed E-state index contributed by atoms with van der Waals surface area (Å²) < 4.78 is 25.9. The summed E-state index contributed by atoms with van der Waals surface area (Å²) >= 11 is 1.27. The third-order valence-electron chi connectivity index (χ3n) is 1.83. The van der Waals surface area contributed by atoms with Crippen LogP contribution in [0.2, 0.25) is 0 Å². The number of sulfonamides is 1. The molecule has 0 amide bonds. The summed E-state index contributed by atoms with van der Waals surface area (Å²) in [6, 6.07) is 1.65. The predicted molar refractivity (Wildman–Crippen MR) is 62.9 cm³/mol. The quantitative estimate of drug-likeness (QED) is 0.800. The van der Waals surface area contributed by atoms with Crippen molar-refractivity contribution in [1.82, 2.24) is 9.71 Å². The Bertz CT molecular complexity index is 552. The Hall–Kier alpha value is -1.34. The molecule has 1 N–H and O–H groups in total. The molecule has 0 radical (unpaired) electrons. The summed E-state index contributed by atoms with van der Waals surface area (Å²) in [7, 11) is -3.52. The van der Waals surface area contributed by atoms with Crippen LogP contribution in [0.25, 0.3) is 0 Å². The lowest BCUT2D eigenvalue weighted by molar-refractivity contribution is 0.589. The highest BCUT2D eigenvalue weighted by molar-refractivity contribution is 8.16. The van der Waals surface area contributed by atoms with Gasteiger partial charge in [-0.05, 0) is 17.8 Å². The van der Waals surface area contributed by atoms with Crippen LogP contribution in [0, 0.1) is 0 Å². The average molecular weight is 255 g/mol. The number of rotatable bonds is 2. The van der Waals surface area contributed by atoms with Crippen molar-refractivity contribution >= 4 is 27.0 Å². The van der Waals surface area contributed by atoms with Crippen LogP contribution in [0.5, 0.6) is 0 Å². The molecule has 0 saturated carbocycles. The molecule has 1 aromatic rings. The molecule has 0 fully saturated rings. The molecule has 16 heavy (non-hydrogen) atoms. The number of thioether (sulfide) groups is 1. The molecule has 0 bridgehead atoms. The largest absolute Gasteiger partial charge is 0.266 e. The van der Waals surface area contributed by atoms with Crippen LogP contribution in [-0.4, -0.2) is 25.1 Å². The molecule has 2 rings (SSSR count). The summed E-state index contributed by atoms with van der Waals surface area (Å²) in [6.45, 7) is 3.90. The number of fused-ring (bicyclic) bond motifs is 1. The van der Waals surface area contributed by atoms with Gasteiger partial charge in [-0.3, -0.25) is 14.7 Å². The molecule has 0 saturated heterocycles. The van der Waals surface area contributed by atoms with Crippen LogP contribution in [0.4, 0.5) is 0 Å². The van der Waals surface area contributed by atoms with Crippen LogP contribution in [0.15, 0.2) is 45.9 Å². The Labute approximate surface area is 97.7 Å². The van der Waals surface area contributed by atoms with Gasteiger partial charge in [0.05, 0.1) is 6.54 Å². The summed E-state index contributed by atoms with van der Waals surface area (Å²) in [5.74, 6) is 0. The van der Waals surface area contributed by atoms with Gasteiger partial charge in [0.2, 0.25) is 0 Å². The number of hydrogen-bond acceptors (Lipinski definition) is 5. The van der Waals surface area contributed by atoms with Gasteiger partial charge in [-0.25, -0.2) is 8.42 Å². The first-order valence-corrected chi connectivity index (χ1v) is 6.73. The van der Waals surface area contributed by atoms with Gasteiger partial charge in [0.15, 0.2) is 5.17 Å². The minimum absolute atomic E-state index is 0.192. The molecule has 0 unspecified atom stereocenters. The van der Waals surface area contributed by atoms with Crippen molar-refractivity contribution in [3.63, 3.8) is 0 Å². The second kappa shape index (κ2) is 4.26. The van der Waals surface area contributed by atoms with Gasteiger partial charge in [-0.2, -0.15) is 0 Å². The predicted octanol–water partition coefficient (Wildman–Crippen LogP) is 1.01. The molecule has 0 aromatic carbocycles. The molecular formula is C9H9N3O2S2. The van der Waals surface area contributed by atoms with E-state index in [1.807, 2.05) is 0 Å².